The van der Waals surface area contributed by atoms with Crippen LogP contribution < -0.4 is 0 Å². The molecule has 0 fully saturated rings. The van der Waals surface area contributed by atoms with Gasteiger partial charge in [-0.25, -0.2) is 0 Å². The van der Waals surface area contributed by atoms with Gasteiger partial charge in [0.15, 0.2) is 6.29 Å². The maximum atomic E-state index is 10.7. The first-order valence-electron chi connectivity index (χ1n) is 4.41. The van der Waals surface area contributed by atoms with Gasteiger partial charge in [-0.3, -0.25) is 10.1 Å². The zero-order chi connectivity index (χ0) is 11.4. The van der Waals surface area contributed by atoms with E-state index in [0.29, 0.717) is 11.1 Å². The Hall–Kier alpha value is -1.46. The van der Waals surface area contributed by atoms with Crippen LogP contribution in [0.1, 0.15) is 17.4 Å². The Morgan fingerprint density at radius 1 is 1.33 bits per heavy atom. The second kappa shape index (κ2) is 4.86. The highest BCUT2D eigenvalue weighted by atomic mass is 16.7. The maximum Gasteiger partial charge on any atom is 0.272 e. The summed E-state index contributed by atoms with van der Waals surface area (Å²) in [6, 6.07) is 4.83. The van der Waals surface area contributed by atoms with Crippen molar-refractivity contribution in [1.29, 1.82) is 0 Å². The molecule has 0 saturated heterocycles. The molecule has 1 aromatic rings. The predicted octanol–water partition coefficient (Wildman–Crippen LogP) is 2.19. The zero-order valence-corrected chi connectivity index (χ0v) is 8.89. The van der Waals surface area contributed by atoms with E-state index in [9.17, 15) is 10.1 Å². The normalized spacial score (nSPS) is 10.7. The lowest BCUT2D eigenvalue weighted by Crippen LogP contribution is -2.07. The van der Waals surface area contributed by atoms with Gasteiger partial charge in [-0.05, 0) is 6.92 Å². The minimum atomic E-state index is -0.565. The van der Waals surface area contributed by atoms with Crippen molar-refractivity contribution in [2.24, 2.45) is 0 Å². The molecule has 5 nitrogen and oxygen atoms in total. The van der Waals surface area contributed by atoms with Crippen molar-refractivity contribution in [3.8, 4) is 0 Å². The van der Waals surface area contributed by atoms with Crippen LogP contribution in [0.25, 0.3) is 0 Å². The van der Waals surface area contributed by atoms with Crippen LogP contribution in [0.4, 0.5) is 5.69 Å². The molecule has 5 heteroatoms. The Kier molecular flexibility index (Phi) is 3.76. The molecule has 15 heavy (non-hydrogen) atoms. The van der Waals surface area contributed by atoms with E-state index in [4.69, 9.17) is 9.47 Å². The minimum Gasteiger partial charge on any atom is -0.352 e. The number of hydrogen-bond donors (Lipinski definition) is 0. The Labute approximate surface area is 87.8 Å². The molecule has 0 aromatic heterocycles. The number of rotatable bonds is 4. The molecule has 0 atom stereocenters. The third kappa shape index (κ3) is 2.31. The molecule has 0 aliphatic rings. The van der Waals surface area contributed by atoms with E-state index in [2.05, 4.69) is 0 Å². The molecule has 0 N–H and O–H groups in total. The number of nitrogens with zero attached hydrogens (tertiary/aromatic N) is 1. The predicted molar refractivity (Wildman–Crippen MR) is 54.6 cm³/mol. The highest BCUT2D eigenvalue weighted by Gasteiger charge is 2.18. The molecule has 0 amide bonds. The molecule has 0 heterocycles. The molecule has 0 aliphatic heterocycles. The third-order valence-corrected chi connectivity index (χ3v) is 2.23. The monoisotopic (exact) mass is 211 g/mol. The van der Waals surface area contributed by atoms with E-state index in [-0.39, 0.29) is 5.69 Å². The fourth-order valence-corrected chi connectivity index (χ4v) is 1.44. The second-order valence-corrected chi connectivity index (χ2v) is 3.05. The number of hydrogen-bond acceptors (Lipinski definition) is 4. The van der Waals surface area contributed by atoms with Gasteiger partial charge in [0.05, 0.1) is 4.92 Å². The van der Waals surface area contributed by atoms with E-state index in [1.807, 2.05) is 0 Å². The van der Waals surface area contributed by atoms with Crippen LogP contribution in [0.2, 0.25) is 0 Å². The first kappa shape index (κ1) is 11.6. The van der Waals surface area contributed by atoms with E-state index in [1.165, 1.54) is 20.3 Å². The molecule has 0 unspecified atom stereocenters. The molecule has 0 radical (unpaired) electrons. The second-order valence-electron chi connectivity index (χ2n) is 3.05. The highest BCUT2D eigenvalue weighted by molar-refractivity contribution is 5.44. The molecule has 82 valence electrons. The van der Waals surface area contributed by atoms with Gasteiger partial charge in [0.2, 0.25) is 0 Å². The van der Waals surface area contributed by atoms with Crippen molar-refractivity contribution in [3.63, 3.8) is 0 Å². The summed E-state index contributed by atoms with van der Waals surface area (Å²) in [6.07, 6.45) is -0.565. The van der Waals surface area contributed by atoms with E-state index in [1.54, 1.807) is 19.1 Å². The molecular weight excluding hydrogens is 198 g/mol. The van der Waals surface area contributed by atoms with Crippen molar-refractivity contribution < 1.29 is 14.4 Å². The summed E-state index contributed by atoms with van der Waals surface area (Å²) in [5.74, 6) is 0. The lowest BCUT2D eigenvalue weighted by Gasteiger charge is -2.15. The van der Waals surface area contributed by atoms with E-state index < -0.39 is 11.2 Å². The number of nitro benzene ring substituents is 1. The topological polar surface area (TPSA) is 61.6 Å². The van der Waals surface area contributed by atoms with Crippen LogP contribution in [0.15, 0.2) is 18.2 Å². The summed E-state index contributed by atoms with van der Waals surface area (Å²) in [4.78, 5) is 10.3. The van der Waals surface area contributed by atoms with Gasteiger partial charge >= 0.3 is 0 Å². The van der Waals surface area contributed by atoms with Gasteiger partial charge in [-0.2, -0.15) is 0 Å². The van der Waals surface area contributed by atoms with Crippen LogP contribution in [-0.4, -0.2) is 19.1 Å². The average Bonchev–Trinajstić information content (AvgIpc) is 2.21. The van der Waals surface area contributed by atoms with Crippen molar-refractivity contribution in [2.45, 2.75) is 13.2 Å². The Morgan fingerprint density at radius 3 is 2.40 bits per heavy atom. The van der Waals surface area contributed by atoms with Crippen molar-refractivity contribution in [3.05, 3.63) is 39.4 Å². The summed E-state index contributed by atoms with van der Waals surface area (Å²) in [7, 11) is 2.98. The van der Waals surface area contributed by atoms with Crippen molar-refractivity contribution in [2.75, 3.05) is 14.2 Å². The molecule has 0 saturated carbocycles. The molecule has 0 spiro atoms. The summed E-state index contributed by atoms with van der Waals surface area (Å²) in [5, 5.41) is 10.7. The summed E-state index contributed by atoms with van der Waals surface area (Å²) in [5.41, 5.74) is 1.32. The van der Waals surface area contributed by atoms with Crippen LogP contribution in [0.5, 0.6) is 0 Å². The van der Waals surface area contributed by atoms with Crippen LogP contribution in [0.3, 0.4) is 0 Å². The average molecular weight is 211 g/mol. The summed E-state index contributed by atoms with van der Waals surface area (Å²) >= 11 is 0. The molecule has 1 rings (SSSR count). The van der Waals surface area contributed by atoms with Crippen molar-refractivity contribution in [1.82, 2.24) is 0 Å². The smallest absolute Gasteiger partial charge is 0.272 e. The van der Waals surface area contributed by atoms with Gasteiger partial charge < -0.3 is 9.47 Å². The fourth-order valence-electron chi connectivity index (χ4n) is 1.44. The number of methoxy groups -OCH3 is 2. The molecule has 0 bridgehead atoms. The molecular formula is C10H13NO4. The SMILES string of the molecule is COC(OC)c1cccc([N+](=O)[O-])c1C. The van der Waals surface area contributed by atoms with Gasteiger partial charge in [0.25, 0.3) is 5.69 Å². The summed E-state index contributed by atoms with van der Waals surface area (Å²) in [6.45, 7) is 1.68. The highest BCUT2D eigenvalue weighted by Crippen LogP contribution is 2.27. The minimum absolute atomic E-state index is 0.0756. The van der Waals surface area contributed by atoms with E-state index in [0.717, 1.165) is 0 Å². The lowest BCUT2D eigenvalue weighted by molar-refractivity contribution is -0.385. The number of nitro groups is 1. The zero-order valence-electron chi connectivity index (χ0n) is 8.89. The van der Waals surface area contributed by atoms with Gasteiger partial charge in [-0.15, -0.1) is 0 Å². The first-order chi connectivity index (χ1) is 7.11. The van der Waals surface area contributed by atoms with Gasteiger partial charge in [0.1, 0.15) is 0 Å². The van der Waals surface area contributed by atoms with E-state index >= 15 is 0 Å². The lowest BCUT2D eigenvalue weighted by atomic mass is 10.1. The standard InChI is InChI=1S/C10H13NO4/c1-7-8(10(14-2)15-3)5-4-6-9(7)11(12)13/h4-6,10H,1-3H3. The summed E-state index contributed by atoms with van der Waals surface area (Å²) < 4.78 is 10.1. The van der Waals surface area contributed by atoms with Crippen LogP contribution in [-0.2, 0) is 9.47 Å². The quantitative estimate of drug-likeness (QED) is 0.435. The first-order valence-corrected chi connectivity index (χ1v) is 4.41. The maximum absolute atomic E-state index is 10.7. The van der Waals surface area contributed by atoms with Crippen LogP contribution >= 0.6 is 0 Å². The van der Waals surface area contributed by atoms with Gasteiger partial charge in [-0.1, -0.05) is 12.1 Å². The fraction of sp³-hybridized carbons (Fsp3) is 0.400. The molecule has 0 aliphatic carbocycles. The van der Waals surface area contributed by atoms with Crippen LogP contribution in [0, 0.1) is 17.0 Å². The Bertz CT molecular complexity index is 360. The number of benzene rings is 1. The Balaban J connectivity index is 3.19. The van der Waals surface area contributed by atoms with Gasteiger partial charge in [0, 0.05) is 31.4 Å². The third-order valence-electron chi connectivity index (χ3n) is 2.23. The Morgan fingerprint density at radius 2 is 1.93 bits per heavy atom. The van der Waals surface area contributed by atoms with Crippen molar-refractivity contribution >= 4 is 5.69 Å². The largest absolute Gasteiger partial charge is 0.352 e. The molecule has 1 aromatic carbocycles. The number of ether oxygens (including phenoxy) is 2.